The summed E-state index contributed by atoms with van der Waals surface area (Å²) in [6, 6.07) is 4.07. The van der Waals surface area contributed by atoms with Crippen molar-refractivity contribution in [2.24, 2.45) is 0 Å². The van der Waals surface area contributed by atoms with Gasteiger partial charge in [0.1, 0.15) is 0 Å². The van der Waals surface area contributed by atoms with Crippen LogP contribution in [0.25, 0.3) is 0 Å². The second kappa shape index (κ2) is 5.82. The van der Waals surface area contributed by atoms with Gasteiger partial charge in [0.15, 0.2) is 6.04 Å². The fourth-order valence-corrected chi connectivity index (χ4v) is 1.15. The van der Waals surface area contributed by atoms with Crippen LogP contribution in [-0.2, 0) is 16.1 Å². The third-order valence-corrected chi connectivity index (χ3v) is 1.97. The average molecular weight is 223 g/mol. The summed E-state index contributed by atoms with van der Waals surface area (Å²) in [4.78, 5) is 26.0. The largest absolute Gasteiger partial charge is 0.480 e. The minimum Gasteiger partial charge on any atom is -0.480 e. The first kappa shape index (κ1) is 12.1. The van der Waals surface area contributed by atoms with Crippen LogP contribution in [0.2, 0.25) is 0 Å². The van der Waals surface area contributed by atoms with Crippen LogP contribution in [0.5, 0.6) is 0 Å². The monoisotopic (exact) mass is 223 g/mol. The summed E-state index contributed by atoms with van der Waals surface area (Å²) in [5.41, 5.74) is 0.677. The van der Waals surface area contributed by atoms with Crippen molar-refractivity contribution >= 4 is 11.9 Å². The predicted octanol–water partition coefficient (Wildman–Crippen LogP) is -0.630. The van der Waals surface area contributed by atoms with Crippen LogP contribution >= 0.6 is 0 Å². The van der Waals surface area contributed by atoms with E-state index < -0.39 is 17.9 Å². The Labute approximate surface area is 92.7 Å². The normalized spacial score (nSPS) is 11.8. The lowest BCUT2D eigenvalue weighted by atomic mass is 10.2. The topological polar surface area (TPSA) is 91.3 Å². The van der Waals surface area contributed by atoms with Gasteiger partial charge in [-0.05, 0) is 19.2 Å². The van der Waals surface area contributed by atoms with Crippen molar-refractivity contribution in [3.63, 3.8) is 0 Å². The summed E-state index contributed by atoms with van der Waals surface area (Å²) in [6.45, 7) is 0.213. The third-order valence-electron chi connectivity index (χ3n) is 1.97. The molecule has 1 heterocycles. The number of nitrogens with zero attached hydrogens (tertiary/aromatic N) is 1. The first-order chi connectivity index (χ1) is 7.65. The van der Waals surface area contributed by atoms with E-state index in [1.165, 1.54) is 7.05 Å². The number of pyridine rings is 1. The molecule has 1 aromatic heterocycles. The van der Waals surface area contributed by atoms with Crippen molar-refractivity contribution < 1.29 is 14.7 Å². The number of likely N-dealkylation sites (N-methyl/N-ethyl adjacent to an activating group) is 1. The molecule has 0 bridgehead atoms. The molecule has 1 aromatic rings. The first-order valence-corrected chi connectivity index (χ1v) is 4.73. The lowest BCUT2D eigenvalue weighted by molar-refractivity contribution is -0.143. The van der Waals surface area contributed by atoms with Gasteiger partial charge in [0, 0.05) is 6.20 Å². The highest BCUT2D eigenvalue weighted by Crippen LogP contribution is 1.93. The zero-order valence-electron chi connectivity index (χ0n) is 8.80. The quantitative estimate of drug-likeness (QED) is 0.578. The van der Waals surface area contributed by atoms with Crippen LogP contribution in [-0.4, -0.2) is 35.1 Å². The number of rotatable bonds is 5. The number of carbonyl (C=O) groups is 2. The standard InChI is InChI=1S/C10H13N3O3/c1-11-8(10(15)16)9(14)13-6-7-4-2-3-5-12-7/h2-5,8,11H,6H2,1H3,(H,13,14)(H,15,16). The van der Waals surface area contributed by atoms with Gasteiger partial charge in [-0.15, -0.1) is 0 Å². The van der Waals surface area contributed by atoms with Crippen LogP contribution in [0.15, 0.2) is 24.4 Å². The van der Waals surface area contributed by atoms with E-state index in [1.54, 1.807) is 24.4 Å². The molecule has 6 heteroatoms. The molecule has 6 nitrogen and oxygen atoms in total. The summed E-state index contributed by atoms with van der Waals surface area (Å²) < 4.78 is 0. The second-order valence-corrected chi connectivity index (χ2v) is 3.10. The molecule has 0 radical (unpaired) electrons. The smallest absolute Gasteiger partial charge is 0.330 e. The van der Waals surface area contributed by atoms with Crippen molar-refractivity contribution in [3.8, 4) is 0 Å². The lowest BCUT2D eigenvalue weighted by Crippen LogP contribution is -2.47. The van der Waals surface area contributed by atoms with Gasteiger partial charge in [0.05, 0.1) is 12.2 Å². The molecule has 0 fully saturated rings. The van der Waals surface area contributed by atoms with Crippen LogP contribution < -0.4 is 10.6 Å². The number of carboxylic acid groups (broad SMARTS) is 1. The van der Waals surface area contributed by atoms with Crippen molar-refractivity contribution in [2.75, 3.05) is 7.05 Å². The molecule has 1 rings (SSSR count). The number of carbonyl (C=O) groups excluding carboxylic acids is 1. The van der Waals surface area contributed by atoms with Gasteiger partial charge in [-0.2, -0.15) is 0 Å². The average Bonchev–Trinajstić information content (AvgIpc) is 2.28. The van der Waals surface area contributed by atoms with E-state index in [0.717, 1.165) is 0 Å². The number of hydrogen-bond donors (Lipinski definition) is 3. The Morgan fingerprint density at radius 2 is 2.25 bits per heavy atom. The summed E-state index contributed by atoms with van der Waals surface area (Å²) in [5, 5.41) is 13.6. The Kier molecular flexibility index (Phi) is 4.41. The van der Waals surface area contributed by atoms with Gasteiger partial charge in [-0.1, -0.05) is 6.07 Å². The van der Waals surface area contributed by atoms with Gasteiger partial charge in [0.25, 0.3) is 0 Å². The molecule has 0 aliphatic heterocycles. The molecule has 0 spiro atoms. The number of aliphatic carboxylic acids is 1. The highest BCUT2D eigenvalue weighted by molar-refractivity contribution is 6.01. The first-order valence-electron chi connectivity index (χ1n) is 4.73. The Morgan fingerprint density at radius 3 is 2.75 bits per heavy atom. The Hall–Kier alpha value is -1.95. The Balaban J connectivity index is 2.49. The molecule has 86 valence electrons. The van der Waals surface area contributed by atoms with E-state index in [9.17, 15) is 9.59 Å². The molecule has 1 atom stereocenters. The van der Waals surface area contributed by atoms with Crippen molar-refractivity contribution in [3.05, 3.63) is 30.1 Å². The molecule has 16 heavy (non-hydrogen) atoms. The van der Waals surface area contributed by atoms with Crippen LogP contribution in [0.3, 0.4) is 0 Å². The second-order valence-electron chi connectivity index (χ2n) is 3.10. The van der Waals surface area contributed by atoms with Crippen LogP contribution in [0.4, 0.5) is 0 Å². The number of hydrogen-bond acceptors (Lipinski definition) is 4. The molecule has 0 saturated carbocycles. The minimum atomic E-state index is -1.23. The molecule has 1 amide bonds. The molecule has 3 N–H and O–H groups in total. The van der Waals surface area contributed by atoms with Crippen molar-refractivity contribution in [2.45, 2.75) is 12.6 Å². The SMILES string of the molecule is CNC(C(=O)O)C(=O)NCc1ccccn1. The lowest BCUT2D eigenvalue weighted by Gasteiger charge is -2.11. The molecular formula is C10H13N3O3. The number of aromatic nitrogens is 1. The fourth-order valence-electron chi connectivity index (χ4n) is 1.15. The van der Waals surface area contributed by atoms with Gasteiger partial charge < -0.3 is 10.4 Å². The van der Waals surface area contributed by atoms with Crippen LogP contribution in [0.1, 0.15) is 5.69 Å². The maximum atomic E-state index is 11.4. The summed E-state index contributed by atoms with van der Waals surface area (Å²) >= 11 is 0. The van der Waals surface area contributed by atoms with Gasteiger partial charge in [-0.3, -0.25) is 15.1 Å². The van der Waals surface area contributed by atoms with E-state index in [0.29, 0.717) is 5.69 Å². The number of nitrogens with one attached hydrogen (secondary N) is 2. The van der Waals surface area contributed by atoms with E-state index >= 15 is 0 Å². The molecule has 0 aliphatic rings. The maximum Gasteiger partial charge on any atom is 0.330 e. The van der Waals surface area contributed by atoms with Crippen molar-refractivity contribution in [1.29, 1.82) is 0 Å². The fraction of sp³-hybridized carbons (Fsp3) is 0.300. The van der Waals surface area contributed by atoms with Crippen LogP contribution in [0, 0.1) is 0 Å². The minimum absolute atomic E-state index is 0.213. The number of carboxylic acids is 1. The summed E-state index contributed by atoms with van der Waals surface area (Å²) in [7, 11) is 1.42. The zero-order valence-corrected chi connectivity index (χ0v) is 8.80. The zero-order chi connectivity index (χ0) is 12.0. The van der Waals surface area contributed by atoms with E-state index in [-0.39, 0.29) is 6.54 Å². The predicted molar refractivity (Wildman–Crippen MR) is 56.6 cm³/mol. The van der Waals surface area contributed by atoms with Gasteiger partial charge in [-0.25, -0.2) is 4.79 Å². The number of amides is 1. The Morgan fingerprint density at radius 1 is 1.50 bits per heavy atom. The van der Waals surface area contributed by atoms with Gasteiger partial charge >= 0.3 is 5.97 Å². The summed E-state index contributed by atoms with van der Waals surface area (Å²) in [5.74, 6) is -1.79. The Bertz CT molecular complexity index is 367. The van der Waals surface area contributed by atoms with E-state index in [1.807, 2.05) is 0 Å². The highest BCUT2D eigenvalue weighted by atomic mass is 16.4. The van der Waals surface area contributed by atoms with Crippen molar-refractivity contribution in [1.82, 2.24) is 15.6 Å². The highest BCUT2D eigenvalue weighted by Gasteiger charge is 2.23. The molecule has 0 saturated heterocycles. The van der Waals surface area contributed by atoms with Gasteiger partial charge in [0.2, 0.25) is 5.91 Å². The van der Waals surface area contributed by atoms with E-state index in [4.69, 9.17) is 5.11 Å². The molecule has 1 unspecified atom stereocenters. The summed E-state index contributed by atoms with van der Waals surface area (Å²) in [6.07, 6.45) is 1.61. The molecule has 0 aliphatic carbocycles. The third kappa shape index (κ3) is 3.32. The molecular weight excluding hydrogens is 210 g/mol. The molecule has 0 aromatic carbocycles. The van der Waals surface area contributed by atoms with E-state index in [2.05, 4.69) is 15.6 Å². The maximum absolute atomic E-state index is 11.4.